The van der Waals surface area contributed by atoms with E-state index in [4.69, 9.17) is 21.1 Å². The minimum atomic E-state index is -0.520. The van der Waals surface area contributed by atoms with E-state index in [2.05, 4.69) is 5.32 Å². The lowest BCUT2D eigenvalue weighted by Crippen LogP contribution is -2.51. The molecular weight excluding hydrogens is 476 g/mol. The highest BCUT2D eigenvalue weighted by Crippen LogP contribution is 2.29. The van der Waals surface area contributed by atoms with E-state index in [0.717, 1.165) is 36.8 Å². The van der Waals surface area contributed by atoms with Crippen LogP contribution in [0, 0.1) is 0 Å². The Balaban J connectivity index is 1.76. The van der Waals surface area contributed by atoms with Crippen molar-refractivity contribution in [1.29, 1.82) is 0 Å². The fourth-order valence-electron chi connectivity index (χ4n) is 4.72. The van der Waals surface area contributed by atoms with Gasteiger partial charge in [-0.3, -0.25) is 9.59 Å². The number of ether oxygens (including phenoxy) is 2. The van der Waals surface area contributed by atoms with Crippen LogP contribution in [-0.2, 0) is 22.6 Å². The molecule has 1 N–H and O–H groups in total. The first-order valence-electron chi connectivity index (χ1n) is 13.2. The van der Waals surface area contributed by atoms with Crippen molar-refractivity contribution in [2.75, 3.05) is 13.2 Å². The van der Waals surface area contributed by atoms with Crippen molar-refractivity contribution in [2.24, 2.45) is 0 Å². The lowest BCUT2D eigenvalue weighted by atomic mass is 10.1. The molecule has 0 saturated heterocycles. The van der Waals surface area contributed by atoms with Crippen LogP contribution in [0.5, 0.6) is 11.5 Å². The number of halogens is 1. The van der Waals surface area contributed by atoms with Gasteiger partial charge in [0.05, 0.1) is 13.2 Å². The Labute approximate surface area is 220 Å². The van der Waals surface area contributed by atoms with E-state index in [9.17, 15) is 9.59 Å². The summed E-state index contributed by atoms with van der Waals surface area (Å²) in [6, 6.07) is 12.9. The first-order chi connectivity index (χ1) is 17.4. The van der Waals surface area contributed by atoms with Gasteiger partial charge in [0.2, 0.25) is 11.8 Å². The van der Waals surface area contributed by atoms with Crippen LogP contribution in [0.1, 0.15) is 70.4 Å². The molecule has 1 aliphatic carbocycles. The van der Waals surface area contributed by atoms with Gasteiger partial charge >= 0.3 is 0 Å². The van der Waals surface area contributed by atoms with Crippen LogP contribution >= 0.6 is 11.6 Å². The Kier molecular flexibility index (Phi) is 10.9. The largest absolute Gasteiger partial charge is 0.490 e. The van der Waals surface area contributed by atoms with Gasteiger partial charge in [0.1, 0.15) is 6.04 Å². The summed E-state index contributed by atoms with van der Waals surface area (Å²) in [5.74, 6) is 1.27. The predicted octanol–water partition coefficient (Wildman–Crippen LogP) is 5.94. The number of nitrogens with zero attached hydrogens (tertiary/aromatic N) is 1. The van der Waals surface area contributed by atoms with Gasteiger partial charge < -0.3 is 19.7 Å². The molecule has 0 radical (unpaired) electrons. The predicted molar refractivity (Wildman–Crippen MR) is 144 cm³/mol. The standard InChI is InChI=1S/C29H39ClN2O4/c1-4-25(29(34)31-24-9-7-8-10-24)32(20-22-11-15-23(30)16-12-22)28(33)18-14-21-13-17-26(35-5-2)27(19-21)36-6-3/h11-13,15-17,19,24-25H,4-10,14,18,20H2,1-3H3,(H,31,34)/t25-/m1/s1. The Morgan fingerprint density at radius 2 is 1.61 bits per heavy atom. The maximum Gasteiger partial charge on any atom is 0.243 e. The molecule has 7 heteroatoms. The molecule has 1 atom stereocenters. The Bertz CT molecular complexity index is 989. The van der Waals surface area contributed by atoms with Gasteiger partial charge in [-0.05, 0) is 74.9 Å². The minimum absolute atomic E-state index is 0.0507. The second kappa shape index (κ2) is 14.1. The van der Waals surface area contributed by atoms with E-state index in [1.165, 1.54) is 0 Å². The zero-order valence-electron chi connectivity index (χ0n) is 21.7. The average molecular weight is 515 g/mol. The van der Waals surface area contributed by atoms with E-state index in [-0.39, 0.29) is 17.9 Å². The fraction of sp³-hybridized carbons (Fsp3) is 0.517. The Morgan fingerprint density at radius 1 is 0.972 bits per heavy atom. The average Bonchev–Trinajstić information content (AvgIpc) is 3.38. The van der Waals surface area contributed by atoms with Crippen molar-refractivity contribution in [3.05, 3.63) is 58.6 Å². The number of amides is 2. The molecule has 1 saturated carbocycles. The molecule has 6 nitrogen and oxygen atoms in total. The second-order valence-electron chi connectivity index (χ2n) is 9.21. The Hall–Kier alpha value is -2.73. The fourth-order valence-corrected chi connectivity index (χ4v) is 4.85. The number of carbonyl (C=O) groups is 2. The molecule has 3 rings (SSSR count). The lowest BCUT2D eigenvalue weighted by molar-refractivity contribution is -0.141. The van der Waals surface area contributed by atoms with E-state index >= 15 is 0 Å². The first kappa shape index (κ1) is 27.9. The summed E-state index contributed by atoms with van der Waals surface area (Å²) in [6.07, 6.45) is 5.68. The van der Waals surface area contributed by atoms with Crippen LogP contribution in [-0.4, -0.2) is 42.0 Å². The molecule has 1 fully saturated rings. The van der Waals surface area contributed by atoms with Crippen molar-refractivity contribution in [1.82, 2.24) is 10.2 Å². The highest BCUT2D eigenvalue weighted by atomic mass is 35.5. The number of hydrogen-bond acceptors (Lipinski definition) is 4. The summed E-state index contributed by atoms with van der Waals surface area (Å²) >= 11 is 6.07. The third kappa shape index (κ3) is 7.89. The van der Waals surface area contributed by atoms with Crippen molar-refractivity contribution in [3.8, 4) is 11.5 Å². The summed E-state index contributed by atoms with van der Waals surface area (Å²) in [7, 11) is 0. The monoisotopic (exact) mass is 514 g/mol. The van der Waals surface area contributed by atoms with Crippen molar-refractivity contribution in [2.45, 2.75) is 84.3 Å². The molecule has 0 heterocycles. The van der Waals surface area contributed by atoms with E-state index in [1.807, 2.05) is 63.2 Å². The number of nitrogens with one attached hydrogen (secondary N) is 1. The molecule has 2 amide bonds. The molecule has 0 aromatic heterocycles. The zero-order valence-corrected chi connectivity index (χ0v) is 22.5. The van der Waals surface area contributed by atoms with E-state index in [1.54, 1.807) is 4.90 Å². The SMILES string of the molecule is CCOc1ccc(CCC(=O)N(Cc2ccc(Cl)cc2)[C@H](CC)C(=O)NC2CCCC2)cc1OCC. The van der Waals surface area contributed by atoms with Gasteiger partial charge in [-0.15, -0.1) is 0 Å². The van der Waals surface area contributed by atoms with Gasteiger partial charge in [-0.25, -0.2) is 0 Å². The van der Waals surface area contributed by atoms with Crippen LogP contribution in [0.2, 0.25) is 5.02 Å². The number of carbonyl (C=O) groups excluding carboxylic acids is 2. The van der Waals surface area contributed by atoms with Gasteiger partial charge in [-0.2, -0.15) is 0 Å². The molecule has 0 aliphatic heterocycles. The third-order valence-electron chi connectivity index (χ3n) is 6.59. The summed E-state index contributed by atoms with van der Waals surface area (Å²) in [4.78, 5) is 28.6. The number of benzene rings is 2. The number of rotatable bonds is 13. The smallest absolute Gasteiger partial charge is 0.243 e. The van der Waals surface area contributed by atoms with Gasteiger partial charge in [0.15, 0.2) is 11.5 Å². The lowest BCUT2D eigenvalue weighted by Gasteiger charge is -2.31. The van der Waals surface area contributed by atoms with E-state index < -0.39 is 6.04 Å². The molecule has 0 bridgehead atoms. The molecule has 196 valence electrons. The quantitative estimate of drug-likeness (QED) is 0.359. The maximum absolute atomic E-state index is 13.6. The van der Waals surface area contributed by atoms with Gasteiger partial charge in [0, 0.05) is 24.0 Å². The summed E-state index contributed by atoms with van der Waals surface area (Å²) in [6.45, 7) is 7.28. The van der Waals surface area contributed by atoms with Crippen LogP contribution in [0.4, 0.5) is 0 Å². The minimum Gasteiger partial charge on any atom is -0.490 e. The van der Waals surface area contributed by atoms with Crippen molar-refractivity contribution >= 4 is 23.4 Å². The summed E-state index contributed by atoms with van der Waals surface area (Å²) < 4.78 is 11.4. The van der Waals surface area contributed by atoms with Crippen LogP contribution in [0.15, 0.2) is 42.5 Å². The molecule has 0 spiro atoms. The molecule has 1 aliphatic rings. The highest BCUT2D eigenvalue weighted by Gasteiger charge is 2.30. The maximum atomic E-state index is 13.6. The normalized spacial score (nSPS) is 14.3. The Morgan fingerprint density at radius 3 is 2.25 bits per heavy atom. The molecule has 2 aromatic carbocycles. The van der Waals surface area contributed by atoms with Crippen LogP contribution in [0.25, 0.3) is 0 Å². The molecule has 0 unspecified atom stereocenters. The van der Waals surface area contributed by atoms with Crippen LogP contribution < -0.4 is 14.8 Å². The molecule has 2 aromatic rings. The molecule has 36 heavy (non-hydrogen) atoms. The topological polar surface area (TPSA) is 67.9 Å². The van der Waals surface area contributed by atoms with E-state index in [0.29, 0.717) is 55.5 Å². The first-order valence-corrected chi connectivity index (χ1v) is 13.6. The summed E-state index contributed by atoms with van der Waals surface area (Å²) in [5.41, 5.74) is 1.93. The third-order valence-corrected chi connectivity index (χ3v) is 6.84. The van der Waals surface area contributed by atoms with Gasteiger partial charge in [-0.1, -0.05) is 49.6 Å². The van der Waals surface area contributed by atoms with Crippen molar-refractivity contribution < 1.29 is 19.1 Å². The van der Waals surface area contributed by atoms with Crippen molar-refractivity contribution in [3.63, 3.8) is 0 Å². The molecular formula is C29H39ClN2O4. The zero-order chi connectivity index (χ0) is 25.9. The second-order valence-corrected chi connectivity index (χ2v) is 9.65. The number of aryl methyl sites for hydroxylation is 1. The van der Waals surface area contributed by atoms with Crippen LogP contribution in [0.3, 0.4) is 0 Å². The van der Waals surface area contributed by atoms with Gasteiger partial charge in [0.25, 0.3) is 0 Å². The number of hydrogen-bond donors (Lipinski definition) is 1. The summed E-state index contributed by atoms with van der Waals surface area (Å²) in [5, 5.41) is 3.83. The highest BCUT2D eigenvalue weighted by molar-refractivity contribution is 6.30.